The lowest BCUT2D eigenvalue weighted by molar-refractivity contribution is -0.915. The number of hydrogen-bond donors (Lipinski definition) is 1. The number of nitro benzene ring substituents is 1. The van der Waals surface area contributed by atoms with Crippen LogP contribution < -0.4 is 9.80 Å². The number of piperazine rings is 1. The first kappa shape index (κ1) is 13.3. The van der Waals surface area contributed by atoms with Crippen molar-refractivity contribution in [2.24, 2.45) is 0 Å². The molecule has 0 spiro atoms. The normalized spacial score (nSPS) is 17.8. The largest absolute Gasteiger partial charge is 0.360 e. The molecule has 1 atom stereocenters. The van der Waals surface area contributed by atoms with Gasteiger partial charge in [-0.15, -0.1) is 0 Å². The molecule has 0 bridgehead atoms. The maximum absolute atomic E-state index is 10.6. The number of nitrogens with zero attached hydrogens (tertiary/aromatic N) is 3. The smallest absolute Gasteiger partial charge is 0.269 e. The molecule has 2 rings (SSSR count). The summed E-state index contributed by atoms with van der Waals surface area (Å²) in [5.74, 6) is 0. The molecule has 1 aliphatic rings. The van der Waals surface area contributed by atoms with Gasteiger partial charge in [-0.05, 0) is 12.1 Å². The minimum Gasteiger partial charge on any atom is -0.360 e. The third kappa shape index (κ3) is 3.01. The Labute approximate surface area is 112 Å². The maximum Gasteiger partial charge on any atom is 0.269 e. The third-order valence-corrected chi connectivity index (χ3v) is 3.64. The summed E-state index contributed by atoms with van der Waals surface area (Å²) in [5, 5.41) is 19.5. The number of nitrogens with one attached hydrogen (secondary N) is 1. The van der Waals surface area contributed by atoms with E-state index in [4.69, 9.17) is 5.26 Å². The maximum atomic E-state index is 10.6. The highest BCUT2D eigenvalue weighted by molar-refractivity contribution is 5.50. The fourth-order valence-corrected chi connectivity index (χ4v) is 2.36. The van der Waals surface area contributed by atoms with Crippen LogP contribution in [0.5, 0.6) is 0 Å². The van der Waals surface area contributed by atoms with Crippen molar-refractivity contribution >= 4 is 11.4 Å². The summed E-state index contributed by atoms with van der Waals surface area (Å²) >= 11 is 0. The number of nitriles is 1. The standard InChI is InChI=1S/C13H16N4O2/c1-11(10-14)15-6-8-16(9-7-15)12-2-4-13(5-3-12)17(18)19/h2-5,11H,6-9H2,1H3/p+1/t11-/m1/s1. The number of hydrogen-bond acceptors (Lipinski definition) is 4. The van der Waals surface area contributed by atoms with Gasteiger partial charge in [-0.3, -0.25) is 10.1 Å². The van der Waals surface area contributed by atoms with Gasteiger partial charge in [-0.25, -0.2) is 0 Å². The summed E-state index contributed by atoms with van der Waals surface area (Å²) in [6.45, 7) is 5.53. The summed E-state index contributed by atoms with van der Waals surface area (Å²) in [4.78, 5) is 13.7. The Bertz CT molecular complexity index is 486. The van der Waals surface area contributed by atoms with Crippen molar-refractivity contribution in [2.45, 2.75) is 13.0 Å². The van der Waals surface area contributed by atoms with Gasteiger partial charge in [0, 0.05) is 24.7 Å². The van der Waals surface area contributed by atoms with Crippen LogP contribution >= 0.6 is 0 Å². The number of nitro groups is 1. The molecule has 1 N–H and O–H groups in total. The highest BCUT2D eigenvalue weighted by Crippen LogP contribution is 2.19. The van der Waals surface area contributed by atoms with Gasteiger partial charge in [-0.1, -0.05) is 0 Å². The van der Waals surface area contributed by atoms with Crippen molar-refractivity contribution in [3.63, 3.8) is 0 Å². The Hall–Kier alpha value is -2.13. The van der Waals surface area contributed by atoms with E-state index >= 15 is 0 Å². The van der Waals surface area contributed by atoms with Crippen LogP contribution in [-0.2, 0) is 0 Å². The highest BCUT2D eigenvalue weighted by atomic mass is 16.6. The highest BCUT2D eigenvalue weighted by Gasteiger charge is 2.24. The van der Waals surface area contributed by atoms with E-state index in [9.17, 15) is 10.1 Å². The molecule has 0 aromatic heterocycles. The predicted octanol–water partition coefficient (Wildman–Crippen LogP) is 0.212. The molecule has 0 amide bonds. The molecule has 1 aromatic rings. The van der Waals surface area contributed by atoms with Crippen LogP contribution in [0.1, 0.15) is 6.92 Å². The van der Waals surface area contributed by atoms with Crippen molar-refractivity contribution < 1.29 is 9.82 Å². The molecule has 1 fully saturated rings. The molecule has 0 radical (unpaired) electrons. The van der Waals surface area contributed by atoms with E-state index in [2.05, 4.69) is 11.0 Å². The quantitative estimate of drug-likeness (QED) is 0.623. The van der Waals surface area contributed by atoms with Crippen molar-refractivity contribution in [3.8, 4) is 6.07 Å². The SMILES string of the molecule is C[C@H](C#N)[NH+]1CCN(c2ccc([N+](=O)[O-])cc2)CC1. The Morgan fingerprint density at radius 1 is 1.37 bits per heavy atom. The van der Waals surface area contributed by atoms with Crippen LogP contribution in [0.25, 0.3) is 0 Å². The lowest BCUT2D eigenvalue weighted by Crippen LogP contribution is -3.17. The minimum atomic E-state index is -0.388. The lowest BCUT2D eigenvalue weighted by atomic mass is 10.2. The Balaban J connectivity index is 1.98. The Morgan fingerprint density at radius 2 is 1.95 bits per heavy atom. The fraction of sp³-hybridized carbons (Fsp3) is 0.462. The third-order valence-electron chi connectivity index (χ3n) is 3.64. The van der Waals surface area contributed by atoms with E-state index in [0.29, 0.717) is 0 Å². The predicted molar refractivity (Wildman–Crippen MR) is 71.1 cm³/mol. The zero-order chi connectivity index (χ0) is 13.8. The van der Waals surface area contributed by atoms with E-state index in [-0.39, 0.29) is 16.7 Å². The average Bonchev–Trinajstić information content (AvgIpc) is 2.46. The lowest BCUT2D eigenvalue weighted by Gasteiger charge is -2.34. The van der Waals surface area contributed by atoms with Crippen LogP contribution in [0.2, 0.25) is 0 Å². The molecular weight excluding hydrogens is 244 g/mol. The molecule has 0 saturated carbocycles. The number of non-ortho nitro benzene ring substituents is 1. The molecule has 6 heteroatoms. The zero-order valence-corrected chi connectivity index (χ0v) is 10.9. The second-order valence-corrected chi connectivity index (χ2v) is 4.77. The molecule has 100 valence electrons. The van der Waals surface area contributed by atoms with Crippen LogP contribution in [0.3, 0.4) is 0 Å². The van der Waals surface area contributed by atoms with Gasteiger partial charge in [0.15, 0.2) is 6.04 Å². The monoisotopic (exact) mass is 261 g/mol. The van der Waals surface area contributed by atoms with Crippen LogP contribution in [0.15, 0.2) is 24.3 Å². The van der Waals surface area contributed by atoms with Crippen molar-refractivity contribution in [1.82, 2.24) is 0 Å². The number of quaternary nitrogens is 1. The van der Waals surface area contributed by atoms with Gasteiger partial charge in [0.05, 0.1) is 31.1 Å². The minimum absolute atomic E-state index is 0.0269. The topological polar surface area (TPSA) is 74.6 Å². The Kier molecular flexibility index (Phi) is 3.97. The molecule has 1 aromatic carbocycles. The van der Waals surface area contributed by atoms with Crippen molar-refractivity contribution in [2.75, 3.05) is 31.1 Å². The first-order chi connectivity index (χ1) is 9.11. The van der Waals surface area contributed by atoms with Gasteiger partial charge >= 0.3 is 0 Å². The molecular formula is C13H17N4O2+. The Morgan fingerprint density at radius 3 is 2.42 bits per heavy atom. The molecule has 6 nitrogen and oxygen atoms in total. The second kappa shape index (κ2) is 5.67. The van der Waals surface area contributed by atoms with E-state index in [1.807, 2.05) is 6.92 Å². The summed E-state index contributed by atoms with van der Waals surface area (Å²) in [7, 11) is 0. The molecule has 1 heterocycles. The number of benzene rings is 1. The van der Waals surface area contributed by atoms with Crippen LogP contribution in [0.4, 0.5) is 11.4 Å². The van der Waals surface area contributed by atoms with Crippen LogP contribution in [0, 0.1) is 21.4 Å². The zero-order valence-electron chi connectivity index (χ0n) is 10.9. The average molecular weight is 261 g/mol. The van der Waals surface area contributed by atoms with E-state index in [1.165, 1.54) is 17.0 Å². The first-order valence-corrected chi connectivity index (χ1v) is 6.35. The molecule has 0 aliphatic carbocycles. The second-order valence-electron chi connectivity index (χ2n) is 4.77. The molecule has 0 unspecified atom stereocenters. The van der Waals surface area contributed by atoms with Crippen LogP contribution in [-0.4, -0.2) is 37.1 Å². The summed E-state index contributed by atoms with van der Waals surface area (Å²) in [6.07, 6.45) is 0. The summed E-state index contributed by atoms with van der Waals surface area (Å²) in [5.41, 5.74) is 1.13. The summed E-state index contributed by atoms with van der Waals surface area (Å²) in [6, 6.07) is 8.95. The van der Waals surface area contributed by atoms with E-state index in [0.717, 1.165) is 31.9 Å². The summed E-state index contributed by atoms with van der Waals surface area (Å²) < 4.78 is 0. The van der Waals surface area contributed by atoms with Crippen molar-refractivity contribution in [3.05, 3.63) is 34.4 Å². The molecule has 1 saturated heterocycles. The number of rotatable bonds is 3. The molecule has 1 aliphatic heterocycles. The first-order valence-electron chi connectivity index (χ1n) is 6.35. The van der Waals surface area contributed by atoms with E-state index < -0.39 is 0 Å². The van der Waals surface area contributed by atoms with E-state index in [1.54, 1.807) is 12.1 Å². The number of anilines is 1. The van der Waals surface area contributed by atoms with Gasteiger partial charge in [0.25, 0.3) is 5.69 Å². The van der Waals surface area contributed by atoms with Gasteiger partial charge < -0.3 is 9.80 Å². The fourth-order valence-electron chi connectivity index (χ4n) is 2.36. The van der Waals surface area contributed by atoms with Gasteiger partial charge in [0.1, 0.15) is 6.07 Å². The van der Waals surface area contributed by atoms with Gasteiger partial charge in [0.2, 0.25) is 0 Å². The molecule has 19 heavy (non-hydrogen) atoms. The van der Waals surface area contributed by atoms with Crippen molar-refractivity contribution in [1.29, 1.82) is 5.26 Å². The van der Waals surface area contributed by atoms with Gasteiger partial charge in [-0.2, -0.15) is 5.26 Å².